The molecule has 3 heteroatoms. The van der Waals surface area contributed by atoms with Gasteiger partial charge in [-0.05, 0) is 12.8 Å². The third-order valence-electron chi connectivity index (χ3n) is 2.93. The first-order chi connectivity index (χ1) is 7.93. The lowest BCUT2D eigenvalue weighted by Gasteiger charge is -2.10. The van der Waals surface area contributed by atoms with Crippen molar-refractivity contribution in [3.63, 3.8) is 0 Å². The molecule has 1 saturated heterocycles. The highest BCUT2D eigenvalue weighted by molar-refractivity contribution is 5.57. The summed E-state index contributed by atoms with van der Waals surface area (Å²) in [5.41, 5.74) is 1.08. The van der Waals surface area contributed by atoms with Crippen molar-refractivity contribution in [1.29, 1.82) is 0 Å². The Bertz CT molecular complexity index is 458. The van der Waals surface area contributed by atoms with Gasteiger partial charge in [-0.3, -0.25) is 0 Å². The molecule has 1 fully saturated rings. The first kappa shape index (κ1) is 9.46. The molecule has 3 nitrogen and oxygen atoms in total. The fraction of sp³-hybridized carbons (Fsp3) is 0.308. The molecule has 1 aliphatic heterocycles. The Morgan fingerprint density at radius 3 is 2.56 bits per heavy atom. The quantitative estimate of drug-likeness (QED) is 0.769. The van der Waals surface area contributed by atoms with Crippen LogP contribution in [0.3, 0.4) is 0 Å². The van der Waals surface area contributed by atoms with E-state index >= 15 is 0 Å². The molecule has 1 aromatic heterocycles. The first-order valence-electron chi connectivity index (χ1n) is 5.70. The zero-order valence-electron chi connectivity index (χ0n) is 9.10. The van der Waals surface area contributed by atoms with Crippen LogP contribution < -0.4 is 4.90 Å². The minimum Gasteiger partial charge on any atom is -0.423 e. The minimum absolute atomic E-state index is 0.761. The van der Waals surface area contributed by atoms with Gasteiger partial charge in [-0.2, -0.15) is 0 Å². The summed E-state index contributed by atoms with van der Waals surface area (Å²) in [6.45, 7) is 2.13. The zero-order chi connectivity index (χ0) is 10.8. The van der Waals surface area contributed by atoms with Gasteiger partial charge in [-0.15, -0.1) is 0 Å². The number of benzene rings is 1. The lowest BCUT2D eigenvalue weighted by atomic mass is 10.2. The summed E-state index contributed by atoms with van der Waals surface area (Å²) in [6.07, 6.45) is 4.29. The van der Waals surface area contributed by atoms with Crippen molar-refractivity contribution in [2.45, 2.75) is 12.8 Å². The molecule has 0 radical (unpaired) electrons. The Labute approximate surface area is 94.7 Å². The van der Waals surface area contributed by atoms with Crippen LogP contribution in [0, 0.1) is 0 Å². The van der Waals surface area contributed by atoms with Crippen LogP contribution in [0.5, 0.6) is 0 Å². The van der Waals surface area contributed by atoms with Gasteiger partial charge < -0.3 is 9.32 Å². The second-order valence-corrected chi connectivity index (χ2v) is 4.07. The predicted molar refractivity (Wildman–Crippen MR) is 63.4 cm³/mol. The van der Waals surface area contributed by atoms with Crippen LogP contribution in [-0.2, 0) is 0 Å². The van der Waals surface area contributed by atoms with E-state index in [1.54, 1.807) is 0 Å². The lowest BCUT2D eigenvalue weighted by molar-refractivity contribution is 0.559. The molecule has 0 unspecified atom stereocenters. The van der Waals surface area contributed by atoms with Gasteiger partial charge in [0.05, 0.1) is 6.20 Å². The Hall–Kier alpha value is -1.77. The van der Waals surface area contributed by atoms with E-state index < -0.39 is 0 Å². The summed E-state index contributed by atoms with van der Waals surface area (Å²) in [6, 6.07) is 10.8. The number of rotatable bonds is 2. The van der Waals surface area contributed by atoms with E-state index in [-0.39, 0.29) is 0 Å². The molecule has 0 atom stereocenters. The van der Waals surface area contributed by atoms with Crippen molar-refractivity contribution in [3.8, 4) is 11.3 Å². The molecule has 3 rings (SSSR count). The molecule has 2 heterocycles. The average molecular weight is 214 g/mol. The first-order valence-corrected chi connectivity index (χ1v) is 5.70. The summed E-state index contributed by atoms with van der Waals surface area (Å²) < 4.78 is 5.77. The Morgan fingerprint density at radius 1 is 1.06 bits per heavy atom. The van der Waals surface area contributed by atoms with E-state index in [9.17, 15) is 0 Å². The molecule has 0 spiro atoms. The van der Waals surface area contributed by atoms with Gasteiger partial charge >= 0.3 is 0 Å². The number of oxazole rings is 1. The summed E-state index contributed by atoms with van der Waals surface area (Å²) in [7, 11) is 0. The van der Waals surface area contributed by atoms with Crippen molar-refractivity contribution in [3.05, 3.63) is 36.5 Å². The summed E-state index contributed by atoms with van der Waals surface area (Å²) in [4.78, 5) is 6.53. The van der Waals surface area contributed by atoms with E-state index in [4.69, 9.17) is 4.42 Å². The normalized spacial score (nSPS) is 15.6. The summed E-state index contributed by atoms with van der Waals surface area (Å²) >= 11 is 0. The SMILES string of the molecule is c1ccc(-c2cnc(N3CCCC3)o2)cc1. The van der Waals surface area contributed by atoms with E-state index in [0.29, 0.717) is 0 Å². The van der Waals surface area contributed by atoms with Crippen LogP contribution in [0.1, 0.15) is 12.8 Å². The van der Waals surface area contributed by atoms with Gasteiger partial charge in [0.15, 0.2) is 5.76 Å². The minimum atomic E-state index is 0.761. The van der Waals surface area contributed by atoms with Crippen molar-refractivity contribution < 1.29 is 4.42 Å². The van der Waals surface area contributed by atoms with Crippen LogP contribution in [-0.4, -0.2) is 18.1 Å². The Kier molecular flexibility index (Phi) is 2.37. The van der Waals surface area contributed by atoms with Crippen molar-refractivity contribution in [2.24, 2.45) is 0 Å². The third-order valence-corrected chi connectivity index (χ3v) is 2.93. The third kappa shape index (κ3) is 1.69. The molecule has 0 bridgehead atoms. The molecular formula is C13H14N2O. The van der Waals surface area contributed by atoms with Crippen LogP contribution in [0.4, 0.5) is 6.01 Å². The number of hydrogen-bond donors (Lipinski definition) is 0. The van der Waals surface area contributed by atoms with E-state index in [2.05, 4.69) is 9.88 Å². The van der Waals surface area contributed by atoms with Crippen LogP contribution in [0.2, 0.25) is 0 Å². The topological polar surface area (TPSA) is 29.3 Å². The summed E-state index contributed by atoms with van der Waals surface area (Å²) in [5.74, 6) is 0.850. The number of nitrogens with zero attached hydrogens (tertiary/aromatic N) is 2. The molecule has 0 amide bonds. The molecule has 0 aliphatic carbocycles. The highest BCUT2D eigenvalue weighted by atomic mass is 16.4. The smallest absolute Gasteiger partial charge is 0.297 e. The highest BCUT2D eigenvalue weighted by Gasteiger charge is 2.17. The molecule has 0 N–H and O–H groups in total. The Balaban J connectivity index is 1.87. The molecule has 1 aliphatic rings. The highest BCUT2D eigenvalue weighted by Crippen LogP contribution is 2.25. The van der Waals surface area contributed by atoms with E-state index in [1.165, 1.54) is 12.8 Å². The fourth-order valence-electron chi connectivity index (χ4n) is 2.06. The maximum atomic E-state index is 5.77. The van der Waals surface area contributed by atoms with Crippen LogP contribution in [0.25, 0.3) is 11.3 Å². The number of aromatic nitrogens is 1. The van der Waals surface area contributed by atoms with Crippen LogP contribution in [0.15, 0.2) is 40.9 Å². The fourth-order valence-corrected chi connectivity index (χ4v) is 2.06. The standard InChI is InChI=1S/C13H14N2O/c1-2-6-11(7-3-1)12-10-14-13(16-12)15-8-4-5-9-15/h1-3,6-7,10H,4-5,8-9H2. The molecule has 16 heavy (non-hydrogen) atoms. The second kappa shape index (κ2) is 4.00. The van der Waals surface area contributed by atoms with Crippen LogP contribution >= 0.6 is 0 Å². The average Bonchev–Trinajstić information content (AvgIpc) is 3.01. The number of anilines is 1. The number of hydrogen-bond acceptors (Lipinski definition) is 3. The molecule has 2 aromatic rings. The zero-order valence-corrected chi connectivity index (χ0v) is 9.10. The van der Waals surface area contributed by atoms with Gasteiger partial charge in [0.2, 0.25) is 0 Å². The maximum absolute atomic E-state index is 5.77. The van der Waals surface area contributed by atoms with Crippen molar-refractivity contribution in [2.75, 3.05) is 18.0 Å². The van der Waals surface area contributed by atoms with Gasteiger partial charge in [0, 0.05) is 18.7 Å². The van der Waals surface area contributed by atoms with Crippen molar-refractivity contribution in [1.82, 2.24) is 4.98 Å². The Morgan fingerprint density at radius 2 is 1.81 bits per heavy atom. The van der Waals surface area contributed by atoms with E-state index in [0.717, 1.165) is 30.4 Å². The van der Waals surface area contributed by atoms with Gasteiger partial charge in [0.1, 0.15) is 0 Å². The lowest BCUT2D eigenvalue weighted by Crippen LogP contribution is -2.17. The van der Waals surface area contributed by atoms with Gasteiger partial charge in [-0.1, -0.05) is 30.3 Å². The molecule has 0 saturated carbocycles. The van der Waals surface area contributed by atoms with E-state index in [1.807, 2.05) is 36.5 Å². The molecule has 1 aromatic carbocycles. The van der Waals surface area contributed by atoms with Gasteiger partial charge in [0.25, 0.3) is 6.01 Å². The molecular weight excluding hydrogens is 200 g/mol. The maximum Gasteiger partial charge on any atom is 0.297 e. The largest absolute Gasteiger partial charge is 0.423 e. The monoisotopic (exact) mass is 214 g/mol. The predicted octanol–water partition coefficient (Wildman–Crippen LogP) is 2.94. The summed E-state index contributed by atoms with van der Waals surface area (Å²) in [5, 5.41) is 0. The van der Waals surface area contributed by atoms with Gasteiger partial charge in [-0.25, -0.2) is 4.98 Å². The second-order valence-electron chi connectivity index (χ2n) is 4.07. The van der Waals surface area contributed by atoms with Crippen molar-refractivity contribution >= 4 is 6.01 Å². The molecule has 82 valence electrons.